The van der Waals surface area contributed by atoms with E-state index in [9.17, 15) is 18.0 Å². The van der Waals surface area contributed by atoms with Crippen LogP contribution in [-0.4, -0.2) is 43.3 Å². The summed E-state index contributed by atoms with van der Waals surface area (Å²) in [5, 5.41) is 2.73. The predicted molar refractivity (Wildman–Crippen MR) is 79.5 cm³/mol. The van der Waals surface area contributed by atoms with Crippen LogP contribution < -0.4 is 10.9 Å². The molecular formula is C13H21N3O4S. The van der Waals surface area contributed by atoms with Gasteiger partial charge < -0.3 is 9.88 Å². The zero-order chi connectivity index (χ0) is 16.2. The van der Waals surface area contributed by atoms with Gasteiger partial charge in [0.2, 0.25) is 15.9 Å². The minimum atomic E-state index is -3.64. The van der Waals surface area contributed by atoms with Gasteiger partial charge in [0.05, 0.1) is 4.90 Å². The van der Waals surface area contributed by atoms with Crippen molar-refractivity contribution in [2.24, 2.45) is 0 Å². The van der Waals surface area contributed by atoms with E-state index in [1.54, 1.807) is 0 Å². The van der Waals surface area contributed by atoms with E-state index in [4.69, 9.17) is 0 Å². The summed E-state index contributed by atoms with van der Waals surface area (Å²) in [6.45, 7) is 3.58. The summed E-state index contributed by atoms with van der Waals surface area (Å²) in [4.78, 5) is 23.5. The molecule has 8 heteroatoms. The van der Waals surface area contributed by atoms with Crippen LogP contribution in [0.2, 0.25) is 0 Å². The van der Waals surface area contributed by atoms with Crippen LogP contribution in [0, 0.1) is 0 Å². The first-order chi connectivity index (χ1) is 9.68. The van der Waals surface area contributed by atoms with E-state index in [1.165, 1.54) is 26.4 Å². The molecule has 0 bridgehead atoms. The molecule has 1 rings (SSSR count). The van der Waals surface area contributed by atoms with E-state index in [1.807, 2.05) is 13.8 Å². The molecule has 1 atom stereocenters. The third-order valence-electron chi connectivity index (χ3n) is 3.07. The maximum absolute atomic E-state index is 12.0. The van der Waals surface area contributed by atoms with Gasteiger partial charge in [0.15, 0.2) is 0 Å². The summed E-state index contributed by atoms with van der Waals surface area (Å²) < 4.78 is 26.2. The first-order valence-corrected chi connectivity index (χ1v) is 8.05. The minimum Gasteiger partial charge on any atom is -0.352 e. The third-order valence-corrected chi connectivity index (χ3v) is 4.87. The fourth-order valence-electron chi connectivity index (χ4n) is 1.57. The number of nitrogens with zero attached hydrogens (tertiary/aromatic N) is 2. The Labute approximate surface area is 124 Å². The Hall–Kier alpha value is -1.67. The number of sulfonamides is 1. The molecule has 0 aromatic carbocycles. The molecule has 1 N–H and O–H groups in total. The van der Waals surface area contributed by atoms with Gasteiger partial charge in [-0.15, -0.1) is 0 Å². The fraction of sp³-hybridized carbons (Fsp3) is 0.538. The Morgan fingerprint density at radius 3 is 2.52 bits per heavy atom. The molecule has 1 amide bonds. The Morgan fingerprint density at radius 2 is 2.00 bits per heavy atom. The molecule has 21 heavy (non-hydrogen) atoms. The molecular weight excluding hydrogens is 294 g/mol. The van der Waals surface area contributed by atoms with E-state index < -0.39 is 15.6 Å². The van der Waals surface area contributed by atoms with Crippen LogP contribution in [0.15, 0.2) is 28.0 Å². The van der Waals surface area contributed by atoms with E-state index in [2.05, 4.69) is 5.32 Å². The van der Waals surface area contributed by atoms with Crippen LogP contribution in [0.1, 0.15) is 20.3 Å². The van der Waals surface area contributed by atoms with Crippen molar-refractivity contribution in [2.45, 2.75) is 37.8 Å². The smallest absolute Gasteiger partial charge is 0.251 e. The fourth-order valence-corrected chi connectivity index (χ4v) is 2.50. The number of aromatic nitrogens is 1. The molecule has 0 saturated heterocycles. The maximum atomic E-state index is 12.0. The average molecular weight is 315 g/mol. The normalized spacial score (nSPS) is 13.2. The molecule has 0 saturated carbocycles. The molecule has 0 radical (unpaired) electrons. The molecule has 1 aromatic rings. The highest BCUT2D eigenvalue weighted by Gasteiger charge is 2.18. The Bertz CT molecular complexity index is 664. The molecule has 118 valence electrons. The summed E-state index contributed by atoms with van der Waals surface area (Å²) in [6, 6.07) is 2.38. The predicted octanol–water partition coefficient (Wildman–Crippen LogP) is 0.0133. The van der Waals surface area contributed by atoms with Gasteiger partial charge in [0.1, 0.15) is 6.54 Å². The molecule has 0 aliphatic carbocycles. The highest BCUT2D eigenvalue weighted by atomic mass is 32.2. The number of amides is 1. The van der Waals surface area contributed by atoms with E-state index in [-0.39, 0.29) is 23.4 Å². The summed E-state index contributed by atoms with van der Waals surface area (Å²) in [5.74, 6) is -0.328. The van der Waals surface area contributed by atoms with Gasteiger partial charge in [0, 0.05) is 32.4 Å². The SMILES string of the molecule is CC[C@@H](C)NC(=O)Cn1cc(S(=O)(=O)N(C)C)ccc1=O. The Balaban J connectivity index is 3.05. The van der Waals surface area contributed by atoms with Gasteiger partial charge >= 0.3 is 0 Å². The highest BCUT2D eigenvalue weighted by Crippen LogP contribution is 2.10. The lowest BCUT2D eigenvalue weighted by atomic mass is 10.2. The second-order valence-corrected chi connectivity index (χ2v) is 7.15. The first kappa shape index (κ1) is 17.4. The third kappa shape index (κ3) is 4.40. The van der Waals surface area contributed by atoms with Crippen molar-refractivity contribution in [1.29, 1.82) is 0 Å². The first-order valence-electron chi connectivity index (χ1n) is 6.61. The van der Waals surface area contributed by atoms with Crippen LogP contribution in [0.5, 0.6) is 0 Å². The number of nitrogens with one attached hydrogen (secondary N) is 1. The van der Waals surface area contributed by atoms with Crippen LogP contribution in [0.25, 0.3) is 0 Å². The second kappa shape index (κ2) is 6.86. The molecule has 0 unspecified atom stereocenters. The van der Waals surface area contributed by atoms with Gasteiger partial charge in [-0.1, -0.05) is 6.92 Å². The lowest BCUT2D eigenvalue weighted by Gasteiger charge is -2.14. The zero-order valence-electron chi connectivity index (χ0n) is 12.7. The summed E-state index contributed by atoms with van der Waals surface area (Å²) in [6.07, 6.45) is 1.96. The Kier molecular flexibility index (Phi) is 5.68. The molecule has 1 heterocycles. The van der Waals surface area contributed by atoms with Gasteiger partial charge in [0.25, 0.3) is 5.56 Å². The Morgan fingerprint density at radius 1 is 1.38 bits per heavy atom. The van der Waals surface area contributed by atoms with Gasteiger partial charge in [-0.3, -0.25) is 9.59 Å². The van der Waals surface area contributed by atoms with Gasteiger partial charge in [-0.05, 0) is 19.4 Å². The largest absolute Gasteiger partial charge is 0.352 e. The zero-order valence-corrected chi connectivity index (χ0v) is 13.5. The van der Waals surface area contributed by atoms with E-state index in [0.29, 0.717) is 0 Å². The lowest BCUT2D eigenvalue weighted by molar-refractivity contribution is -0.122. The van der Waals surface area contributed by atoms with Crippen molar-refractivity contribution in [3.8, 4) is 0 Å². The van der Waals surface area contributed by atoms with Crippen LogP contribution in [0.3, 0.4) is 0 Å². The summed E-state index contributed by atoms with van der Waals surface area (Å²) >= 11 is 0. The maximum Gasteiger partial charge on any atom is 0.251 e. The van der Waals surface area contributed by atoms with Crippen LogP contribution >= 0.6 is 0 Å². The molecule has 0 fully saturated rings. The number of carbonyl (C=O) groups excluding carboxylic acids is 1. The standard InChI is InChI=1S/C13H21N3O4S/c1-5-10(2)14-12(17)9-16-8-11(6-7-13(16)18)21(19,20)15(3)4/h6-8,10H,5,9H2,1-4H3,(H,14,17)/t10-/m1/s1. The van der Waals surface area contributed by atoms with E-state index in [0.717, 1.165) is 21.4 Å². The molecule has 0 aliphatic heterocycles. The number of hydrogen-bond donors (Lipinski definition) is 1. The van der Waals surface area contributed by atoms with Crippen molar-refractivity contribution in [2.75, 3.05) is 14.1 Å². The molecule has 0 aliphatic rings. The van der Waals surface area contributed by atoms with Crippen molar-refractivity contribution < 1.29 is 13.2 Å². The van der Waals surface area contributed by atoms with E-state index >= 15 is 0 Å². The van der Waals surface area contributed by atoms with Crippen LogP contribution in [-0.2, 0) is 21.4 Å². The van der Waals surface area contributed by atoms with Gasteiger partial charge in [-0.25, -0.2) is 12.7 Å². The highest BCUT2D eigenvalue weighted by molar-refractivity contribution is 7.89. The molecule has 7 nitrogen and oxygen atoms in total. The van der Waals surface area contributed by atoms with Crippen molar-refractivity contribution in [1.82, 2.24) is 14.2 Å². The lowest BCUT2D eigenvalue weighted by Crippen LogP contribution is -2.37. The molecule has 0 spiro atoms. The number of hydrogen-bond acceptors (Lipinski definition) is 4. The summed E-state index contributed by atoms with van der Waals surface area (Å²) in [5.41, 5.74) is -0.424. The average Bonchev–Trinajstić information content (AvgIpc) is 2.40. The number of pyridine rings is 1. The van der Waals surface area contributed by atoms with Crippen molar-refractivity contribution in [3.05, 3.63) is 28.7 Å². The van der Waals surface area contributed by atoms with Crippen molar-refractivity contribution >= 4 is 15.9 Å². The van der Waals surface area contributed by atoms with Gasteiger partial charge in [-0.2, -0.15) is 0 Å². The minimum absolute atomic E-state index is 0.00175. The summed E-state index contributed by atoms with van der Waals surface area (Å²) in [7, 11) is -0.831. The van der Waals surface area contributed by atoms with Crippen LogP contribution in [0.4, 0.5) is 0 Å². The van der Waals surface area contributed by atoms with Crippen molar-refractivity contribution in [3.63, 3.8) is 0 Å². The quantitative estimate of drug-likeness (QED) is 0.801. The monoisotopic (exact) mass is 315 g/mol. The number of carbonyl (C=O) groups is 1. The molecule has 1 aromatic heterocycles. The number of rotatable bonds is 6. The second-order valence-electron chi connectivity index (χ2n) is 5.00. The topological polar surface area (TPSA) is 88.5 Å².